The normalized spacial score (nSPS) is 12.4. The van der Waals surface area contributed by atoms with E-state index in [1.165, 1.54) is 6.92 Å². The molecule has 1 unspecified atom stereocenters. The Bertz CT molecular complexity index is 1910. The molecule has 0 radical (unpaired) electrons. The zero-order valence-corrected chi connectivity index (χ0v) is 26.8. The Labute approximate surface area is 287 Å². The summed E-state index contributed by atoms with van der Waals surface area (Å²) in [6.07, 6.45) is -9.06. The van der Waals surface area contributed by atoms with Crippen molar-refractivity contribution in [2.75, 3.05) is 19.8 Å². The summed E-state index contributed by atoms with van der Waals surface area (Å²) < 4.78 is 195. The summed E-state index contributed by atoms with van der Waals surface area (Å²) in [4.78, 5) is 0. The van der Waals surface area contributed by atoms with Crippen molar-refractivity contribution in [3.05, 3.63) is 106 Å². The van der Waals surface area contributed by atoms with Gasteiger partial charge in [0, 0.05) is 0 Å². The fraction of sp³-hybridized carbons (Fsp3) is 0.294. The molecule has 0 amide bonds. The van der Waals surface area contributed by atoms with Crippen molar-refractivity contribution < 1.29 is 81.5 Å². The van der Waals surface area contributed by atoms with Crippen LogP contribution in [0, 0.1) is 52.5 Å². The van der Waals surface area contributed by atoms with Crippen molar-refractivity contribution in [1.29, 1.82) is 0 Å². The third-order valence-electron chi connectivity index (χ3n) is 7.27. The minimum Gasteiger partial charge on any atom is -0.505 e. The molecule has 4 aromatic carbocycles. The van der Waals surface area contributed by atoms with Gasteiger partial charge in [-0.1, -0.05) is 6.92 Å². The predicted molar refractivity (Wildman–Crippen MR) is 157 cm³/mol. The highest BCUT2D eigenvalue weighted by Crippen LogP contribution is 2.40. The number of phenolic OH excluding ortho intramolecular Hbond substituents is 1. The average Bonchev–Trinajstić information content (AvgIpc) is 3.08. The third kappa shape index (κ3) is 8.65. The maximum atomic E-state index is 14.6. The Kier molecular flexibility index (Phi) is 12.2. The van der Waals surface area contributed by atoms with E-state index in [2.05, 4.69) is 9.47 Å². The van der Waals surface area contributed by atoms with E-state index in [0.717, 1.165) is 12.1 Å². The van der Waals surface area contributed by atoms with E-state index < -0.39 is 104 Å². The third-order valence-corrected chi connectivity index (χ3v) is 7.27. The number of aromatic hydroxyl groups is 1. The van der Waals surface area contributed by atoms with Crippen LogP contribution < -0.4 is 23.7 Å². The number of hydrogen-bond donors (Lipinski definition) is 1. The van der Waals surface area contributed by atoms with Crippen molar-refractivity contribution in [3.8, 4) is 34.5 Å². The Balaban J connectivity index is 1.29. The van der Waals surface area contributed by atoms with Gasteiger partial charge in [0.05, 0.1) is 19.8 Å². The summed E-state index contributed by atoms with van der Waals surface area (Å²) in [6.45, 7) is 2.45. The molecule has 52 heavy (non-hydrogen) atoms. The molecule has 1 N–H and O–H groups in total. The highest BCUT2D eigenvalue weighted by Gasteiger charge is 2.42. The van der Waals surface area contributed by atoms with Crippen LogP contribution in [0.1, 0.15) is 37.8 Å². The van der Waals surface area contributed by atoms with Gasteiger partial charge in [-0.25, -0.2) is 8.78 Å². The second kappa shape index (κ2) is 16.0. The standard InChI is InChI=1S/C34H26F12O6/c1-3-48-20-7-5-18(26(36)28(20)38)34(45,46)52-24-11-9-22(30(40)32(24)42)50-15-13-16(2)12-14-49-21-8-10-23(31(41)29(21)39)51-33(43,44)17-4-6-19(47)27(37)25(17)35/h4-11,16,47H,3,12-15H2,1-2H3. The van der Waals surface area contributed by atoms with E-state index in [4.69, 9.17) is 19.3 Å². The molecule has 0 fully saturated rings. The molecule has 0 aliphatic carbocycles. The molecular formula is C34H26F12O6. The zero-order valence-electron chi connectivity index (χ0n) is 26.8. The second-order valence-electron chi connectivity index (χ2n) is 10.9. The molecule has 282 valence electrons. The van der Waals surface area contributed by atoms with Crippen molar-refractivity contribution in [1.82, 2.24) is 0 Å². The van der Waals surface area contributed by atoms with E-state index in [1.54, 1.807) is 6.92 Å². The van der Waals surface area contributed by atoms with E-state index >= 15 is 0 Å². The molecule has 0 aliphatic rings. The van der Waals surface area contributed by atoms with Gasteiger partial charge in [-0.15, -0.1) is 0 Å². The van der Waals surface area contributed by atoms with E-state index in [1.807, 2.05) is 0 Å². The summed E-state index contributed by atoms with van der Waals surface area (Å²) in [5.41, 5.74) is -3.30. The summed E-state index contributed by atoms with van der Waals surface area (Å²) >= 11 is 0. The summed E-state index contributed by atoms with van der Waals surface area (Å²) in [5, 5.41) is 9.10. The summed E-state index contributed by atoms with van der Waals surface area (Å²) in [6, 6.07) is 4.50. The van der Waals surface area contributed by atoms with Gasteiger partial charge in [0.2, 0.25) is 34.9 Å². The van der Waals surface area contributed by atoms with Crippen LogP contribution >= 0.6 is 0 Å². The number of rotatable bonds is 16. The Morgan fingerprint density at radius 3 is 1.31 bits per heavy atom. The number of alkyl halides is 4. The molecule has 0 spiro atoms. The maximum absolute atomic E-state index is 14.6. The van der Waals surface area contributed by atoms with Crippen molar-refractivity contribution in [2.45, 2.75) is 38.9 Å². The van der Waals surface area contributed by atoms with Crippen molar-refractivity contribution in [2.24, 2.45) is 5.92 Å². The lowest BCUT2D eigenvalue weighted by atomic mass is 10.1. The van der Waals surface area contributed by atoms with E-state index in [0.29, 0.717) is 30.3 Å². The summed E-state index contributed by atoms with van der Waals surface area (Å²) in [5.74, 6) is -21.7. The number of phenols is 1. The van der Waals surface area contributed by atoms with Crippen molar-refractivity contribution in [3.63, 3.8) is 0 Å². The van der Waals surface area contributed by atoms with Crippen LogP contribution in [0.25, 0.3) is 0 Å². The molecule has 18 heteroatoms. The van der Waals surface area contributed by atoms with Gasteiger partial charge in [-0.3, -0.25) is 0 Å². The molecule has 0 heterocycles. The van der Waals surface area contributed by atoms with Crippen molar-refractivity contribution >= 4 is 0 Å². The number of benzene rings is 4. The van der Waals surface area contributed by atoms with Gasteiger partial charge < -0.3 is 28.8 Å². The van der Waals surface area contributed by atoms with Gasteiger partial charge in [-0.05, 0) is 74.2 Å². The van der Waals surface area contributed by atoms with Crippen LogP contribution in [0.2, 0.25) is 0 Å². The lowest BCUT2D eigenvalue weighted by Crippen LogP contribution is -2.25. The number of ether oxygens (including phenoxy) is 5. The second-order valence-corrected chi connectivity index (χ2v) is 10.9. The average molecular weight is 759 g/mol. The molecule has 4 aromatic rings. The lowest BCUT2D eigenvalue weighted by molar-refractivity contribution is -0.190. The largest absolute Gasteiger partial charge is 0.505 e. The quantitative estimate of drug-likeness (QED) is 0.115. The van der Waals surface area contributed by atoms with Gasteiger partial charge >= 0.3 is 12.2 Å². The fourth-order valence-corrected chi connectivity index (χ4v) is 4.47. The summed E-state index contributed by atoms with van der Waals surface area (Å²) in [7, 11) is 0. The lowest BCUT2D eigenvalue weighted by Gasteiger charge is -2.20. The van der Waals surface area contributed by atoms with Crippen LogP contribution in [0.5, 0.6) is 34.5 Å². The molecule has 1 atom stereocenters. The van der Waals surface area contributed by atoms with Crippen LogP contribution in [-0.2, 0) is 12.2 Å². The fourth-order valence-electron chi connectivity index (χ4n) is 4.47. The van der Waals surface area contributed by atoms with E-state index in [9.17, 15) is 52.7 Å². The molecule has 0 aromatic heterocycles. The molecule has 0 saturated carbocycles. The van der Waals surface area contributed by atoms with Crippen LogP contribution in [0.15, 0.2) is 48.5 Å². The molecule has 4 rings (SSSR count). The minimum atomic E-state index is -4.69. The SMILES string of the molecule is CCOc1ccc(C(F)(F)Oc2ccc(OCCC(C)CCOc3ccc(OC(F)(F)c4ccc(O)c(F)c4F)c(F)c3F)c(F)c2F)c(F)c1F. The predicted octanol–water partition coefficient (Wildman–Crippen LogP) is 10.0. The van der Waals surface area contributed by atoms with Crippen LogP contribution in [0.4, 0.5) is 52.7 Å². The number of hydrogen-bond acceptors (Lipinski definition) is 6. The molecular weight excluding hydrogens is 732 g/mol. The first-order chi connectivity index (χ1) is 24.4. The topological polar surface area (TPSA) is 66.4 Å². The van der Waals surface area contributed by atoms with E-state index in [-0.39, 0.29) is 44.6 Å². The Morgan fingerprint density at radius 1 is 0.500 bits per heavy atom. The molecule has 0 aliphatic heterocycles. The smallest absolute Gasteiger partial charge is 0.429 e. The van der Waals surface area contributed by atoms with Crippen LogP contribution in [0.3, 0.4) is 0 Å². The van der Waals surface area contributed by atoms with Crippen LogP contribution in [-0.4, -0.2) is 24.9 Å². The first-order valence-corrected chi connectivity index (χ1v) is 15.0. The highest BCUT2D eigenvalue weighted by molar-refractivity contribution is 5.38. The first kappa shape index (κ1) is 39.6. The molecule has 0 saturated heterocycles. The van der Waals surface area contributed by atoms with Gasteiger partial charge in [-0.2, -0.15) is 43.9 Å². The molecule has 0 bridgehead atoms. The highest BCUT2D eigenvalue weighted by atomic mass is 19.3. The Hall–Kier alpha value is -5.16. The molecule has 6 nitrogen and oxygen atoms in total. The number of halogens is 12. The first-order valence-electron chi connectivity index (χ1n) is 15.0. The monoisotopic (exact) mass is 758 g/mol. The van der Waals surface area contributed by atoms with Gasteiger partial charge in [0.25, 0.3) is 0 Å². The van der Waals surface area contributed by atoms with Gasteiger partial charge in [0.1, 0.15) is 11.1 Å². The zero-order chi connectivity index (χ0) is 38.5. The van der Waals surface area contributed by atoms with Gasteiger partial charge in [0.15, 0.2) is 46.1 Å². The Morgan fingerprint density at radius 2 is 0.846 bits per heavy atom. The maximum Gasteiger partial charge on any atom is 0.429 e. The minimum absolute atomic E-state index is 0.0939.